The molecule has 18 heavy (non-hydrogen) atoms. The number of carboxylic acid groups (broad SMARTS) is 1. The van der Waals surface area contributed by atoms with Crippen molar-refractivity contribution in [1.82, 2.24) is 9.55 Å². The number of hydrogen-bond donors (Lipinski definition) is 1. The summed E-state index contributed by atoms with van der Waals surface area (Å²) in [5.41, 5.74) is 1.79. The molecule has 1 aromatic heterocycles. The molecule has 1 unspecified atom stereocenters. The van der Waals surface area contributed by atoms with Crippen LogP contribution < -0.4 is 0 Å². The molecule has 1 saturated carbocycles. The molecule has 0 saturated heterocycles. The van der Waals surface area contributed by atoms with Crippen molar-refractivity contribution in [2.75, 3.05) is 0 Å². The van der Waals surface area contributed by atoms with Gasteiger partial charge >= 0.3 is 5.97 Å². The highest BCUT2D eigenvalue weighted by Gasteiger charge is 2.25. The Labute approximate surface area is 105 Å². The zero-order valence-electron chi connectivity index (χ0n) is 10.3. The van der Waals surface area contributed by atoms with Gasteiger partial charge in [0, 0.05) is 6.04 Å². The highest BCUT2D eigenvalue weighted by atomic mass is 16.4. The summed E-state index contributed by atoms with van der Waals surface area (Å²) in [6.07, 6.45) is 5.58. The van der Waals surface area contributed by atoms with Crippen LogP contribution in [0.5, 0.6) is 0 Å². The second-order valence-corrected chi connectivity index (χ2v) is 5.16. The molecule has 94 valence electrons. The molecule has 0 amide bonds. The van der Waals surface area contributed by atoms with Gasteiger partial charge < -0.3 is 9.67 Å². The lowest BCUT2D eigenvalue weighted by molar-refractivity contribution is 0.0699. The number of aromatic nitrogens is 2. The lowest BCUT2D eigenvalue weighted by Crippen LogP contribution is -2.05. The van der Waals surface area contributed by atoms with Crippen LogP contribution >= 0.6 is 0 Å². The van der Waals surface area contributed by atoms with Gasteiger partial charge in [0.05, 0.1) is 17.4 Å². The van der Waals surface area contributed by atoms with Crippen LogP contribution in [0.4, 0.5) is 0 Å². The minimum Gasteiger partial charge on any atom is -0.478 e. The fourth-order valence-electron chi connectivity index (χ4n) is 2.53. The largest absolute Gasteiger partial charge is 0.478 e. The maximum Gasteiger partial charge on any atom is 0.337 e. The van der Waals surface area contributed by atoms with E-state index in [1.54, 1.807) is 18.5 Å². The number of imidazole rings is 1. The van der Waals surface area contributed by atoms with Crippen LogP contribution in [0.25, 0.3) is 11.0 Å². The predicted molar refractivity (Wildman–Crippen MR) is 68.7 cm³/mol. The zero-order chi connectivity index (χ0) is 12.7. The van der Waals surface area contributed by atoms with E-state index >= 15 is 0 Å². The molecule has 1 N–H and O–H groups in total. The summed E-state index contributed by atoms with van der Waals surface area (Å²) < 4.78 is 2.10. The third-order valence-electron chi connectivity index (χ3n) is 3.68. The maximum atomic E-state index is 11.1. The van der Waals surface area contributed by atoms with E-state index in [0.717, 1.165) is 17.9 Å². The van der Waals surface area contributed by atoms with E-state index in [2.05, 4.69) is 16.5 Å². The van der Waals surface area contributed by atoms with Gasteiger partial charge in [-0.1, -0.05) is 18.9 Å². The van der Waals surface area contributed by atoms with E-state index in [4.69, 9.17) is 5.11 Å². The summed E-state index contributed by atoms with van der Waals surface area (Å²) in [6.45, 7) is 2.17. The van der Waals surface area contributed by atoms with Gasteiger partial charge in [-0.05, 0) is 31.4 Å². The Hall–Kier alpha value is -1.84. The van der Waals surface area contributed by atoms with Crippen molar-refractivity contribution in [3.05, 3.63) is 30.1 Å². The van der Waals surface area contributed by atoms with Crippen LogP contribution in [0.2, 0.25) is 0 Å². The number of aromatic carboxylic acids is 1. The number of rotatable bonds is 4. The molecule has 3 rings (SSSR count). The number of benzene rings is 1. The molecule has 1 aliphatic rings. The van der Waals surface area contributed by atoms with Crippen LogP contribution in [-0.2, 0) is 0 Å². The summed E-state index contributed by atoms with van der Waals surface area (Å²) in [5, 5.41) is 9.14. The highest BCUT2D eigenvalue weighted by molar-refractivity contribution is 6.00. The average Bonchev–Trinajstić information content (AvgIpc) is 3.05. The summed E-state index contributed by atoms with van der Waals surface area (Å²) in [7, 11) is 0. The molecule has 1 aromatic carbocycles. The first-order valence-corrected chi connectivity index (χ1v) is 6.35. The van der Waals surface area contributed by atoms with Crippen LogP contribution in [0.3, 0.4) is 0 Å². The Kier molecular flexibility index (Phi) is 2.58. The first kappa shape index (κ1) is 11.3. The molecule has 1 heterocycles. The highest BCUT2D eigenvalue weighted by Crippen LogP contribution is 2.37. The molecule has 0 spiro atoms. The molecule has 0 aliphatic heterocycles. The van der Waals surface area contributed by atoms with Crippen molar-refractivity contribution in [3.63, 3.8) is 0 Å². The van der Waals surface area contributed by atoms with E-state index in [0.29, 0.717) is 11.6 Å². The van der Waals surface area contributed by atoms with E-state index in [1.807, 2.05) is 6.07 Å². The molecular weight excluding hydrogens is 228 g/mol. The minimum absolute atomic E-state index is 0.282. The van der Waals surface area contributed by atoms with Crippen molar-refractivity contribution < 1.29 is 9.90 Å². The van der Waals surface area contributed by atoms with Crippen molar-refractivity contribution >= 4 is 17.0 Å². The van der Waals surface area contributed by atoms with Gasteiger partial charge in [0.15, 0.2) is 0 Å². The van der Waals surface area contributed by atoms with Gasteiger partial charge in [-0.2, -0.15) is 0 Å². The Morgan fingerprint density at radius 2 is 2.33 bits per heavy atom. The van der Waals surface area contributed by atoms with Crippen LogP contribution in [0.15, 0.2) is 24.5 Å². The first-order chi connectivity index (χ1) is 8.66. The third kappa shape index (κ3) is 1.88. The van der Waals surface area contributed by atoms with Crippen molar-refractivity contribution in [1.29, 1.82) is 0 Å². The molecule has 4 heteroatoms. The lowest BCUT2D eigenvalue weighted by Gasteiger charge is -2.13. The number of carbonyl (C=O) groups is 1. The van der Waals surface area contributed by atoms with Gasteiger partial charge in [-0.15, -0.1) is 0 Å². The monoisotopic (exact) mass is 244 g/mol. The van der Waals surface area contributed by atoms with Gasteiger partial charge in [-0.3, -0.25) is 0 Å². The summed E-state index contributed by atoms with van der Waals surface area (Å²) in [4.78, 5) is 15.4. The Morgan fingerprint density at radius 3 is 3.00 bits per heavy atom. The van der Waals surface area contributed by atoms with E-state index < -0.39 is 5.97 Å². The SMILES string of the molecule is CC(CC1CC1)n1cnc2c(C(=O)O)cccc21. The Balaban J connectivity index is 2.02. The van der Waals surface area contributed by atoms with E-state index in [1.165, 1.54) is 12.8 Å². The zero-order valence-corrected chi connectivity index (χ0v) is 10.3. The molecule has 4 nitrogen and oxygen atoms in total. The Bertz CT molecular complexity index is 599. The summed E-state index contributed by atoms with van der Waals surface area (Å²) in [5.74, 6) is -0.0687. The number of fused-ring (bicyclic) bond motifs is 1. The smallest absolute Gasteiger partial charge is 0.337 e. The van der Waals surface area contributed by atoms with E-state index in [-0.39, 0.29) is 5.56 Å². The number of carboxylic acids is 1. The third-order valence-corrected chi connectivity index (χ3v) is 3.68. The fourth-order valence-corrected chi connectivity index (χ4v) is 2.53. The quantitative estimate of drug-likeness (QED) is 0.899. The second-order valence-electron chi connectivity index (χ2n) is 5.16. The average molecular weight is 244 g/mol. The van der Waals surface area contributed by atoms with Crippen molar-refractivity contribution in [2.45, 2.75) is 32.2 Å². The van der Waals surface area contributed by atoms with Gasteiger partial charge in [0.1, 0.15) is 5.52 Å². The van der Waals surface area contributed by atoms with Crippen molar-refractivity contribution in [3.8, 4) is 0 Å². The summed E-state index contributed by atoms with van der Waals surface area (Å²) in [6, 6.07) is 5.71. The molecule has 2 aromatic rings. The molecule has 1 aliphatic carbocycles. The first-order valence-electron chi connectivity index (χ1n) is 6.35. The summed E-state index contributed by atoms with van der Waals surface area (Å²) >= 11 is 0. The molecule has 1 fully saturated rings. The number of nitrogens with zero attached hydrogens (tertiary/aromatic N) is 2. The molecular formula is C14H16N2O2. The van der Waals surface area contributed by atoms with Gasteiger partial charge in [0.2, 0.25) is 0 Å². The molecule has 1 atom stereocenters. The normalized spacial score (nSPS) is 16.9. The minimum atomic E-state index is -0.916. The van der Waals surface area contributed by atoms with Crippen LogP contribution in [0, 0.1) is 5.92 Å². The number of hydrogen-bond acceptors (Lipinski definition) is 2. The molecule has 0 bridgehead atoms. The maximum absolute atomic E-state index is 11.1. The van der Waals surface area contributed by atoms with E-state index in [9.17, 15) is 4.79 Å². The van der Waals surface area contributed by atoms with Gasteiger partial charge in [-0.25, -0.2) is 9.78 Å². The van der Waals surface area contributed by atoms with Crippen molar-refractivity contribution in [2.24, 2.45) is 5.92 Å². The Morgan fingerprint density at radius 1 is 1.56 bits per heavy atom. The van der Waals surface area contributed by atoms with Crippen LogP contribution in [-0.4, -0.2) is 20.6 Å². The van der Waals surface area contributed by atoms with Crippen LogP contribution in [0.1, 0.15) is 42.6 Å². The second kappa shape index (κ2) is 4.12. The fraction of sp³-hybridized carbons (Fsp3) is 0.429. The topological polar surface area (TPSA) is 55.1 Å². The molecule has 0 radical (unpaired) electrons. The number of para-hydroxylation sites is 1. The standard InChI is InChI=1S/C14H16N2O2/c1-9(7-10-5-6-10)16-8-15-13-11(14(17)18)3-2-4-12(13)16/h2-4,8-10H,5-7H2,1H3,(H,17,18). The predicted octanol–water partition coefficient (Wildman–Crippen LogP) is 3.10. The lowest BCUT2D eigenvalue weighted by atomic mass is 10.1. The van der Waals surface area contributed by atoms with Gasteiger partial charge in [0.25, 0.3) is 0 Å².